The summed E-state index contributed by atoms with van der Waals surface area (Å²) in [7, 11) is 2.07. The molecule has 2 saturated heterocycles. The first-order valence-corrected chi connectivity index (χ1v) is 9.23. The fourth-order valence-corrected chi connectivity index (χ4v) is 3.87. The van der Waals surface area contributed by atoms with Crippen molar-refractivity contribution in [1.29, 1.82) is 0 Å². The van der Waals surface area contributed by atoms with Crippen LogP contribution in [-0.4, -0.2) is 64.3 Å². The molecule has 3 heterocycles. The third kappa shape index (κ3) is 4.02. The molecule has 0 aliphatic carbocycles. The maximum absolute atomic E-state index is 11.3. The molecule has 2 fully saturated rings. The van der Waals surface area contributed by atoms with Gasteiger partial charge in [-0.05, 0) is 12.6 Å². The van der Waals surface area contributed by atoms with E-state index in [1.807, 2.05) is 29.1 Å². The molecule has 0 unspecified atom stereocenters. The van der Waals surface area contributed by atoms with Gasteiger partial charge in [-0.2, -0.15) is 0 Å². The monoisotopic (exact) mass is 371 g/mol. The average Bonchev–Trinajstić information content (AvgIpc) is 3.33. The topological polar surface area (TPSA) is 81.5 Å². The molecule has 4 rings (SSSR count). The molecule has 0 spiro atoms. The van der Waals surface area contributed by atoms with Crippen LogP contribution in [0.2, 0.25) is 0 Å². The quantitative estimate of drug-likeness (QED) is 0.807. The zero-order chi connectivity index (χ0) is 18.8. The number of ether oxygens (including phenoxy) is 2. The van der Waals surface area contributed by atoms with E-state index in [0.717, 1.165) is 12.2 Å². The molecule has 0 bridgehead atoms. The van der Waals surface area contributed by atoms with Gasteiger partial charge in [0.05, 0.1) is 31.1 Å². The average molecular weight is 371 g/mol. The van der Waals surface area contributed by atoms with E-state index in [4.69, 9.17) is 9.47 Å². The molecule has 4 atom stereocenters. The van der Waals surface area contributed by atoms with E-state index < -0.39 is 0 Å². The number of carbonyl (C=O) groups excluding carboxylic acids is 1. The highest BCUT2D eigenvalue weighted by Gasteiger charge is 2.49. The normalized spacial score (nSPS) is 27.1. The Morgan fingerprint density at radius 3 is 2.78 bits per heavy atom. The Labute approximate surface area is 158 Å². The summed E-state index contributed by atoms with van der Waals surface area (Å²) in [4.78, 5) is 13.5. The molecule has 27 heavy (non-hydrogen) atoms. The van der Waals surface area contributed by atoms with Gasteiger partial charge >= 0.3 is 0 Å². The molecule has 2 aromatic rings. The molecule has 8 heteroatoms. The lowest BCUT2D eigenvalue weighted by molar-refractivity contribution is -0.120. The van der Waals surface area contributed by atoms with Crippen LogP contribution < -0.4 is 5.32 Å². The molecule has 144 valence electrons. The fourth-order valence-electron chi connectivity index (χ4n) is 3.87. The highest BCUT2D eigenvalue weighted by molar-refractivity contribution is 5.73. The van der Waals surface area contributed by atoms with Crippen molar-refractivity contribution in [1.82, 2.24) is 25.2 Å². The van der Waals surface area contributed by atoms with Gasteiger partial charge in [-0.3, -0.25) is 9.69 Å². The van der Waals surface area contributed by atoms with Crippen molar-refractivity contribution in [3.63, 3.8) is 0 Å². The van der Waals surface area contributed by atoms with E-state index in [1.165, 1.54) is 12.5 Å². The molecule has 0 saturated carbocycles. The Kier molecular flexibility index (Phi) is 5.20. The minimum Gasteiger partial charge on any atom is -0.371 e. The summed E-state index contributed by atoms with van der Waals surface area (Å²) in [5.41, 5.74) is 2.18. The van der Waals surface area contributed by atoms with Gasteiger partial charge in [0.2, 0.25) is 5.91 Å². The predicted molar refractivity (Wildman–Crippen MR) is 97.8 cm³/mol. The highest BCUT2D eigenvalue weighted by Crippen LogP contribution is 2.33. The summed E-state index contributed by atoms with van der Waals surface area (Å²) in [5.74, 6) is -0.0687. The standard InChI is InChI=1S/C19H25N5O3/c1-13(25)20-16-11-26-19-17(12-27-18(16)19)24-10-15(21-22-24)9-23(2)8-14-6-4-3-5-7-14/h3-7,10,16-19H,8-9,11-12H2,1-2H3,(H,20,25)/t16-,17-,18+,19+/m0/s1. The van der Waals surface area contributed by atoms with E-state index in [1.54, 1.807) is 0 Å². The Hall–Kier alpha value is -2.29. The largest absolute Gasteiger partial charge is 0.371 e. The summed E-state index contributed by atoms with van der Waals surface area (Å²) in [6, 6.07) is 10.2. The minimum absolute atomic E-state index is 0.0190. The van der Waals surface area contributed by atoms with Crippen molar-refractivity contribution in [3.05, 3.63) is 47.8 Å². The molecule has 2 aliphatic rings. The van der Waals surface area contributed by atoms with Gasteiger partial charge in [0.1, 0.15) is 18.2 Å². The maximum atomic E-state index is 11.3. The Bertz CT molecular complexity index is 781. The van der Waals surface area contributed by atoms with Crippen LogP contribution in [-0.2, 0) is 27.4 Å². The summed E-state index contributed by atoms with van der Waals surface area (Å²) in [6.07, 6.45) is 1.72. The molecule has 2 aliphatic heterocycles. The first-order valence-electron chi connectivity index (χ1n) is 9.23. The van der Waals surface area contributed by atoms with Gasteiger partial charge in [-0.15, -0.1) is 5.10 Å². The van der Waals surface area contributed by atoms with Crippen LogP contribution in [0.15, 0.2) is 36.5 Å². The predicted octanol–water partition coefficient (Wildman–Crippen LogP) is 0.754. The molecule has 1 aromatic carbocycles. The number of rotatable bonds is 6. The molecular formula is C19H25N5O3. The molecular weight excluding hydrogens is 346 g/mol. The van der Waals surface area contributed by atoms with Crippen LogP contribution >= 0.6 is 0 Å². The number of nitrogens with one attached hydrogen (secondary N) is 1. The number of hydrogen-bond donors (Lipinski definition) is 1. The summed E-state index contributed by atoms with van der Waals surface area (Å²) >= 11 is 0. The highest BCUT2D eigenvalue weighted by atomic mass is 16.6. The van der Waals surface area contributed by atoms with E-state index in [9.17, 15) is 4.79 Å². The van der Waals surface area contributed by atoms with Gasteiger partial charge in [0.15, 0.2) is 0 Å². The fraction of sp³-hybridized carbons (Fsp3) is 0.526. The number of fused-ring (bicyclic) bond motifs is 1. The molecule has 1 amide bonds. The van der Waals surface area contributed by atoms with Gasteiger partial charge in [-0.1, -0.05) is 35.5 Å². The van der Waals surface area contributed by atoms with Crippen LogP contribution in [0, 0.1) is 0 Å². The van der Waals surface area contributed by atoms with Crippen molar-refractivity contribution >= 4 is 5.91 Å². The number of benzene rings is 1. The zero-order valence-electron chi connectivity index (χ0n) is 15.6. The molecule has 0 radical (unpaired) electrons. The SMILES string of the molecule is CC(=O)N[C@H]1CO[C@H]2[C@@H]1OC[C@@H]2n1cc(CN(C)Cc2ccccc2)nn1. The Morgan fingerprint density at radius 2 is 2.00 bits per heavy atom. The van der Waals surface area contributed by atoms with Crippen molar-refractivity contribution in [2.24, 2.45) is 0 Å². The van der Waals surface area contributed by atoms with Crippen LogP contribution in [0.5, 0.6) is 0 Å². The number of aromatic nitrogens is 3. The summed E-state index contributed by atoms with van der Waals surface area (Å²) < 4.78 is 13.6. The lowest BCUT2D eigenvalue weighted by atomic mass is 10.1. The van der Waals surface area contributed by atoms with Crippen LogP contribution in [0.3, 0.4) is 0 Å². The third-order valence-corrected chi connectivity index (χ3v) is 5.04. The second-order valence-electron chi connectivity index (χ2n) is 7.32. The van der Waals surface area contributed by atoms with Crippen LogP contribution in [0.4, 0.5) is 0 Å². The number of hydrogen-bond acceptors (Lipinski definition) is 6. The number of amides is 1. The van der Waals surface area contributed by atoms with Gasteiger partial charge in [-0.25, -0.2) is 4.68 Å². The van der Waals surface area contributed by atoms with Crippen molar-refractivity contribution < 1.29 is 14.3 Å². The molecule has 1 N–H and O–H groups in total. The minimum atomic E-state index is -0.132. The maximum Gasteiger partial charge on any atom is 0.217 e. The van der Waals surface area contributed by atoms with E-state index >= 15 is 0 Å². The van der Waals surface area contributed by atoms with E-state index in [0.29, 0.717) is 19.8 Å². The van der Waals surface area contributed by atoms with Gasteiger partial charge in [0.25, 0.3) is 0 Å². The van der Waals surface area contributed by atoms with Crippen molar-refractivity contribution in [3.8, 4) is 0 Å². The van der Waals surface area contributed by atoms with E-state index in [2.05, 4.69) is 39.7 Å². The van der Waals surface area contributed by atoms with Crippen molar-refractivity contribution in [2.45, 2.75) is 44.3 Å². The first kappa shape index (κ1) is 18.1. The Balaban J connectivity index is 1.36. The number of carbonyl (C=O) groups is 1. The molecule has 1 aromatic heterocycles. The molecule has 8 nitrogen and oxygen atoms in total. The smallest absolute Gasteiger partial charge is 0.217 e. The van der Waals surface area contributed by atoms with Crippen molar-refractivity contribution in [2.75, 3.05) is 20.3 Å². The lowest BCUT2D eigenvalue weighted by Gasteiger charge is -2.17. The van der Waals surface area contributed by atoms with E-state index in [-0.39, 0.29) is 30.2 Å². The summed E-state index contributed by atoms with van der Waals surface area (Å²) in [6.45, 7) is 4.05. The lowest BCUT2D eigenvalue weighted by Crippen LogP contribution is -2.43. The van der Waals surface area contributed by atoms with Gasteiger partial charge < -0.3 is 14.8 Å². The third-order valence-electron chi connectivity index (χ3n) is 5.04. The zero-order valence-corrected chi connectivity index (χ0v) is 15.6. The van der Waals surface area contributed by atoms with Crippen LogP contribution in [0.25, 0.3) is 0 Å². The first-order chi connectivity index (χ1) is 13.1. The van der Waals surface area contributed by atoms with Crippen LogP contribution in [0.1, 0.15) is 24.2 Å². The second-order valence-corrected chi connectivity index (χ2v) is 7.32. The number of nitrogens with zero attached hydrogens (tertiary/aromatic N) is 4. The summed E-state index contributed by atoms with van der Waals surface area (Å²) in [5, 5.41) is 11.5. The van der Waals surface area contributed by atoms with Gasteiger partial charge in [0, 0.05) is 20.0 Å². The Morgan fingerprint density at radius 1 is 1.22 bits per heavy atom. The second kappa shape index (κ2) is 7.75.